The third kappa shape index (κ3) is 4.61. The van der Waals surface area contributed by atoms with Crippen molar-refractivity contribution < 1.29 is 4.39 Å². The molecule has 1 aliphatic heterocycles. The Morgan fingerprint density at radius 2 is 1.74 bits per heavy atom. The number of nitrogens with zero attached hydrogens (tertiary/aromatic N) is 1. The third-order valence-corrected chi connectivity index (χ3v) is 4.28. The maximum Gasteiger partial charge on any atom is 0.123 e. The van der Waals surface area contributed by atoms with Crippen LogP contribution in [0.4, 0.5) is 4.39 Å². The molecule has 0 amide bonds. The van der Waals surface area contributed by atoms with Gasteiger partial charge in [-0.15, -0.1) is 0 Å². The Labute approximate surface area is 116 Å². The van der Waals surface area contributed by atoms with Gasteiger partial charge in [-0.1, -0.05) is 26.0 Å². The van der Waals surface area contributed by atoms with E-state index < -0.39 is 0 Å². The molecule has 106 valence electrons. The summed E-state index contributed by atoms with van der Waals surface area (Å²) < 4.78 is 12.9. The molecule has 0 radical (unpaired) electrons. The Hall–Kier alpha value is -0.890. The average molecular weight is 263 g/mol. The monoisotopic (exact) mass is 263 g/mol. The maximum absolute atomic E-state index is 12.9. The zero-order valence-electron chi connectivity index (χ0n) is 12.5. The Bertz CT molecular complexity index is 388. The first-order valence-electron chi connectivity index (χ1n) is 7.38. The summed E-state index contributed by atoms with van der Waals surface area (Å²) in [6.45, 7) is 7.15. The van der Waals surface area contributed by atoms with Crippen molar-refractivity contribution in [1.29, 1.82) is 0 Å². The van der Waals surface area contributed by atoms with E-state index in [-0.39, 0.29) is 5.82 Å². The number of piperidine rings is 1. The van der Waals surface area contributed by atoms with Crippen LogP contribution in [0.15, 0.2) is 24.3 Å². The molecule has 0 atom stereocenters. The third-order valence-electron chi connectivity index (χ3n) is 4.28. The van der Waals surface area contributed by atoms with E-state index >= 15 is 0 Å². The summed E-state index contributed by atoms with van der Waals surface area (Å²) in [6.07, 6.45) is 4.96. The minimum absolute atomic E-state index is 0.142. The van der Waals surface area contributed by atoms with E-state index in [1.54, 1.807) is 12.1 Å². The second kappa shape index (κ2) is 6.04. The highest BCUT2D eigenvalue weighted by Crippen LogP contribution is 2.34. The lowest BCUT2D eigenvalue weighted by Crippen LogP contribution is -2.32. The largest absolute Gasteiger partial charge is 0.306 e. The summed E-state index contributed by atoms with van der Waals surface area (Å²) in [7, 11) is 2.21. The molecule has 2 heteroatoms. The van der Waals surface area contributed by atoms with Crippen LogP contribution < -0.4 is 0 Å². The van der Waals surface area contributed by atoms with Gasteiger partial charge in [0.2, 0.25) is 0 Å². The van der Waals surface area contributed by atoms with Crippen LogP contribution in [0.3, 0.4) is 0 Å². The molecule has 19 heavy (non-hydrogen) atoms. The van der Waals surface area contributed by atoms with Gasteiger partial charge in [0.15, 0.2) is 0 Å². The molecule has 1 aromatic carbocycles. The predicted molar refractivity (Wildman–Crippen MR) is 78.7 cm³/mol. The van der Waals surface area contributed by atoms with Gasteiger partial charge in [0.25, 0.3) is 0 Å². The molecule has 0 unspecified atom stereocenters. The smallest absolute Gasteiger partial charge is 0.123 e. The van der Waals surface area contributed by atoms with Crippen molar-refractivity contribution >= 4 is 0 Å². The summed E-state index contributed by atoms with van der Waals surface area (Å²) >= 11 is 0. The van der Waals surface area contributed by atoms with Crippen molar-refractivity contribution in [2.75, 3.05) is 20.1 Å². The molecule has 0 spiro atoms. The fourth-order valence-electron chi connectivity index (χ4n) is 3.27. The van der Waals surface area contributed by atoms with E-state index in [1.807, 2.05) is 12.1 Å². The molecule has 0 aromatic heterocycles. The van der Waals surface area contributed by atoms with Gasteiger partial charge in [0, 0.05) is 0 Å². The standard InChI is InChI=1S/C17H26FN/c1-17(2,12-14-4-6-16(18)7-5-14)13-15-8-10-19(3)11-9-15/h4-7,15H,8-13H2,1-3H3. The van der Waals surface area contributed by atoms with Gasteiger partial charge in [-0.05, 0) is 74.8 Å². The second-order valence-corrected chi connectivity index (χ2v) is 6.92. The molecule has 0 aliphatic carbocycles. The van der Waals surface area contributed by atoms with Gasteiger partial charge in [-0.25, -0.2) is 4.39 Å². The number of halogens is 1. The van der Waals surface area contributed by atoms with Crippen LogP contribution in [0.2, 0.25) is 0 Å². The molecule has 0 N–H and O–H groups in total. The molecule has 1 aliphatic rings. The molecule has 0 bridgehead atoms. The summed E-state index contributed by atoms with van der Waals surface area (Å²) in [6, 6.07) is 6.99. The fraction of sp³-hybridized carbons (Fsp3) is 0.647. The second-order valence-electron chi connectivity index (χ2n) is 6.92. The van der Waals surface area contributed by atoms with E-state index in [9.17, 15) is 4.39 Å². The fourth-order valence-corrected chi connectivity index (χ4v) is 3.27. The minimum atomic E-state index is -0.142. The van der Waals surface area contributed by atoms with E-state index in [2.05, 4.69) is 25.8 Å². The average Bonchev–Trinajstić information content (AvgIpc) is 2.34. The summed E-state index contributed by atoms with van der Waals surface area (Å²) in [4.78, 5) is 2.42. The number of hydrogen-bond acceptors (Lipinski definition) is 1. The minimum Gasteiger partial charge on any atom is -0.306 e. The first-order valence-corrected chi connectivity index (χ1v) is 7.38. The highest BCUT2D eigenvalue weighted by atomic mass is 19.1. The van der Waals surface area contributed by atoms with Crippen molar-refractivity contribution in [1.82, 2.24) is 4.90 Å². The first kappa shape index (κ1) is 14.5. The first-order chi connectivity index (χ1) is 8.94. The number of benzene rings is 1. The Morgan fingerprint density at radius 1 is 1.16 bits per heavy atom. The lowest BCUT2D eigenvalue weighted by Gasteiger charge is -2.35. The van der Waals surface area contributed by atoms with E-state index in [4.69, 9.17) is 0 Å². The van der Waals surface area contributed by atoms with Gasteiger partial charge in [-0.3, -0.25) is 0 Å². The highest BCUT2D eigenvalue weighted by Gasteiger charge is 2.26. The molecular formula is C17H26FN. The lowest BCUT2D eigenvalue weighted by molar-refractivity contribution is 0.166. The van der Waals surface area contributed by atoms with Crippen LogP contribution in [0.25, 0.3) is 0 Å². The Kier molecular flexibility index (Phi) is 4.62. The van der Waals surface area contributed by atoms with Crippen molar-refractivity contribution in [2.45, 2.75) is 39.5 Å². The van der Waals surface area contributed by atoms with E-state index in [0.717, 1.165) is 12.3 Å². The van der Waals surface area contributed by atoms with Crippen LogP contribution in [0.5, 0.6) is 0 Å². The molecular weight excluding hydrogens is 237 g/mol. The zero-order chi connectivity index (χ0) is 13.9. The quantitative estimate of drug-likeness (QED) is 0.789. The molecule has 2 rings (SSSR count). The van der Waals surface area contributed by atoms with Gasteiger partial charge < -0.3 is 4.90 Å². The van der Waals surface area contributed by atoms with Crippen molar-refractivity contribution in [3.8, 4) is 0 Å². The van der Waals surface area contributed by atoms with Crippen LogP contribution in [0, 0.1) is 17.2 Å². The molecule has 1 fully saturated rings. The normalized spacial score (nSPS) is 18.7. The number of rotatable bonds is 4. The van der Waals surface area contributed by atoms with Crippen molar-refractivity contribution in [3.05, 3.63) is 35.6 Å². The predicted octanol–water partition coefficient (Wildman–Crippen LogP) is 4.13. The van der Waals surface area contributed by atoms with Crippen LogP contribution in [-0.2, 0) is 6.42 Å². The van der Waals surface area contributed by atoms with E-state index in [1.165, 1.54) is 37.9 Å². The van der Waals surface area contributed by atoms with Crippen LogP contribution in [0.1, 0.15) is 38.7 Å². The summed E-state index contributed by atoms with van der Waals surface area (Å²) in [5.74, 6) is 0.712. The van der Waals surface area contributed by atoms with Crippen molar-refractivity contribution in [3.63, 3.8) is 0 Å². The molecule has 1 nitrogen and oxygen atoms in total. The van der Waals surface area contributed by atoms with Crippen molar-refractivity contribution in [2.24, 2.45) is 11.3 Å². The molecule has 1 heterocycles. The highest BCUT2D eigenvalue weighted by molar-refractivity contribution is 5.17. The summed E-state index contributed by atoms with van der Waals surface area (Å²) in [5, 5.41) is 0. The SMILES string of the molecule is CN1CCC(CC(C)(C)Cc2ccc(F)cc2)CC1. The van der Waals surface area contributed by atoms with Gasteiger partial charge in [0.05, 0.1) is 0 Å². The molecule has 1 saturated heterocycles. The molecule has 1 aromatic rings. The number of likely N-dealkylation sites (tertiary alicyclic amines) is 1. The van der Waals surface area contributed by atoms with Crippen LogP contribution in [-0.4, -0.2) is 25.0 Å². The zero-order valence-corrected chi connectivity index (χ0v) is 12.5. The topological polar surface area (TPSA) is 3.24 Å². The maximum atomic E-state index is 12.9. The van der Waals surface area contributed by atoms with Crippen LogP contribution >= 0.6 is 0 Å². The summed E-state index contributed by atoms with van der Waals surface area (Å²) in [5.41, 5.74) is 1.55. The lowest BCUT2D eigenvalue weighted by atomic mass is 9.75. The van der Waals surface area contributed by atoms with Gasteiger partial charge >= 0.3 is 0 Å². The van der Waals surface area contributed by atoms with Gasteiger partial charge in [-0.2, -0.15) is 0 Å². The Balaban J connectivity index is 1.89. The number of hydrogen-bond donors (Lipinski definition) is 0. The molecule has 0 saturated carbocycles. The Morgan fingerprint density at radius 3 is 2.32 bits per heavy atom. The van der Waals surface area contributed by atoms with E-state index in [0.29, 0.717) is 5.41 Å². The van der Waals surface area contributed by atoms with Gasteiger partial charge in [0.1, 0.15) is 5.82 Å².